The van der Waals surface area contributed by atoms with Crippen LogP contribution in [0.5, 0.6) is 0 Å². The molecule has 2 amide bonds. The van der Waals surface area contributed by atoms with Crippen molar-refractivity contribution in [2.75, 3.05) is 6.54 Å². The lowest BCUT2D eigenvalue weighted by atomic mass is 9.69. The lowest BCUT2D eigenvalue weighted by Crippen LogP contribution is -2.59. The zero-order valence-corrected chi connectivity index (χ0v) is 20.5. The van der Waals surface area contributed by atoms with E-state index in [4.69, 9.17) is 5.73 Å². The number of unbranched alkanes of at least 4 members (excludes halogenated alkanes) is 1. The van der Waals surface area contributed by atoms with Crippen LogP contribution in [-0.2, 0) is 21.5 Å². The zero-order chi connectivity index (χ0) is 25.6. The van der Waals surface area contributed by atoms with Gasteiger partial charge in [-0.25, -0.2) is 18.1 Å². The normalized spacial score (nSPS) is 21.4. The number of amides is 2. The fourth-order valence-corrected chi connectivity index (χ4v) is 5.55. The van der Waals surface area contributed by atoms with Crippen LogP contribution < -0.4 is 5.73 Å². The van der Waals surface area contributed by atoms with Gasteiger partial charge in [0, 0.05) is 18.4 Å². The number of hydrogen-bond acceptors (Lipinski definition) is 3. The van der Waals surface area contributed by atoms with Gasteiger partial charge in [-0.15, -0.1) is 0 Å². The number of hydrogen-bond donors (Lipinski definition) is 1. The zero-order valence-electron chi connectivity index (χ0n) is 20.5. The van der Waals surface area contributed by atoms with Gasteiger partial charge in [-0.1, -0.05) is 56.7 Å². The van der Waals surface area contributed by atoms with Crippen LogP contribution in [0.1, 0.15) is 63.5 Å². The largest absolute Gasteiger partial charge is 0.364 e. The molecule has 1 heterocycles. The van der Waals surface area contributed by atoms with Crippen LogP contribution in [0.2, 0.25) is 0 Å². The second kappa shape index (κ2) is 11.1. The molecule has 0 radical (unpaired) electrons. The Labute approximate surface area is 206 Å². The molecular formula is C28H34F2N3O2+. The molecule has 5 nitrogen and oxygen atoms in total. The average Bonchev–Trinajstić information content (AvgIpc) is 3.27. The van der Waals surface area contributed by atoms with E-state index in [1.807, 2.05) is 44.2 Å². The highest BCUT2D eigenvalue weighted by Crippen LogP contribution is 2.38. The van der Waals surface area contributed by atoms with Crippen molar-refractivity contribution in [3.63, 3.8) is 0 Å². The third kappa shape index (κ3) is 5.43. The average molecular weight is 483 g/mol. The van der Waals surface area contributed by atoms with Gasteiger partial charge < -0.3 is 5.73 Å². The summed E-state index contributed by atoms with van der Waals surface area (Å²) in [6.45, 7) is 4.60. The van der Waals surface area contributed by atoms with E-state index in [9.17, 15) is 23.6 Å². The lowest BCUT2D eigenvalue weighted by molar-refractivity contribution is -0.871. The van der Waals surface area contributed by atoms with Crippen molar-refractivity contribution in [1.82, 2.24) is 0 Å². The summed E-state index contributed by atoms with van der Waals surface area (Å²) in [5.41, 5.74) is 6.45. The smallest absolute Gasteiger partial charge is 0.314 e. The number of quaternary nitrogens is 1. The third-order valence-electron chi connectivity index (χ3n) is 7.59. The van der Waals surface area contributed by atoms with E-state index in [0.717, 1.165) is 17.7 Å². The van der Waals surface area contributed by atoms with Crippen molar-refractivity contribution in [3.8, 4) is 6.07 Å². The minimum atomic E-state index is -0.981. The Hall–Kier alpha value is -3.11. The molecule has 2 aromatic carbocycles. The topological polar surface area (TPSA) is 83.9 Å². The molecule has 1 fully saturated rings. The Kier molecular flexibility index (Phi) is 8.39. The second-order valence-electron chi connectivity index (χ2n) is 9.93. The summed E-state index contributed by atoms with van der Waals surface area (Å²) < 4.78 is 27.1. The van der Waals surface area contributed by atoms with Gasteiger partial charge in [-0.3, -0.25) is 4.79 Å². The summed E-state index contributed by atoms with van der Waals surface area (Å²) in [7, 11) is 0. The molecule has 1 saturated heterocycles. The summed E-state index contributed by atoms with van der Waals surface area (Å²) in [5.74, 6) is -2.52. The number of nitrogens with zero attached hydrogens (tertiary/aromatic N) is 2. The van der Waals surface area contributed by atoms with Crippen molar-refractivity contribution in [3.05, 3.63) is 71.3 Å². The summed E-state index contributed by atoms with van der Waals surface area (Å²) in [6, 6.07) is 15.1. The van der Waals surface area contributed by atoms with Gasteiger partial charge in [0.05, 0.1) is 24.4 Å². The van der Waals surface area contributed by atoms with Crippen LogP contribution in [0.3, 0.4) is 0 Å². The molecule has 0 bridgehead atoms. The minimum absolute atomic E-state index is 0.0928. The lowest BCUT2D eigenvalue weighted by Gasteiger charge is -2.36. The van der Waals surface area contributed by atoms with Gasteiger partial charge in [-0.2, -0.15) is 5.26 Å². The first-order chi connectivity index (χ1) is 16.7. The number of nitriles is 1. The van der Waals surface area contributed by atoms with Gasteiger partial charge in [0.1, 0.15) is 6.54 Å². The van der Waals surface area contributed by atoms with Crippen molar-refractivity contribution in [2.45, 2.75) is 70.4 Å². The van der Waals surface area contributed by atoms with Gasteiger partial charge in [-0.05, 0) is 36.5 Å². The maximum atomic E-state index is 13.8. The first-order valence-corrected chi connectivity index (χ1v) is 12.3. The van der Waals surface area contributed by atoms with Crippen LogP contribution in [0.4, 0.5) is 8.78 Å². The van der Waals surface area contributed by atoms with Crippen molar-refractivity contribution >= 4 is 11.8 Å². The first-order valence-electron chi connectivity index (χ1n) is 12.3. The molecule has 0 aromatic heterocycles. The number of benzene rings is 2. The Morgan fingerprint density at radius 2 is 1.86 bits per heavy atom. The number of primary amides is 1. The van der Waals surface area contributed by atoms with Gasteiger partial charge in [0.15, 0.2) is 17.7 Å². The molecule has 3 rings (SSSR count). The predicted molar refractivity (Wildman–Crippen MR) is 129 cm³/mol. The Balaban J connectivity index is 1.75. The molecule has 2 N–H and O–H groups in total. The standard InChI is InChI=1S/C28H33F2N3O2/c1-20(2)28(19-31,22-9-4-3-5-10-22)15-7-6-12-26(34)33(16-8-11-25(33)27(32)35)18-21-13-14-23(29)24(30)17-21/h3-5,9-10,13-14,17,20,25H,6-8,11-12,15-16,18H2,1-2H3,(H-,32,35)/p+1/t25?,28-,33+/m0/s1. The van der Waals surface area contributed by atoms with Crippen molar-refractivity contribution in [1.29, 1.82) is 5.26 Å². The molecule has 35 heavy (non-hydrogen) atoms. The highest BCUT2D eigenvalue weighted by atomic mass is 19.2. The molecule has 1 unspecified atom stereocenters. The maximum absolute atomic E-state index is 13.8. The summed E-state index contributed by atoms with van der Waals surface area (Å²) in [4.78, 5) is 25.8. The number of rotatable bonds is 10. The van der Waals surface area contributed by atoms with E-state index >= 15 is 0 Å². The van der Waals surface area contributed by atoms with E-state index < -0.39 is 29.0 Å². The number of halogens is 2. The number of likely N-dealkylation sites (tertiary alicyclic amines) is 1. The fraction of sp³-hybridized carbons (Fsp3) is 0.464. The molecule has 0 spiro atoms. The number of carbonyl (C=O) groups is 2. The number of carbonyl (C=O) groups excluding carboxylic acids is 2. The second-order valence-corrected chi connectivity index (χ2v) is 9.93. The molecule has 0 saturated carbocycles. The number of nitrogens with two attached hydrogens (primary N) is 1. The summed E-state index contributed by atoms with van der Waals surface area (Å²) in [5, 5.41) is 10.1. The molecule has 2 aromatic rings. The molecule has 7 heteroatoms. The van der Waals surface area contributed by atoms with Crippen LogP contribution >= 0.6 is 0 Å². The quantitative estimate of drug-likeness (QED) is 0.376. The van der Waals surface area contributed by atoms with Crippen LogP contribution in [0.15, 0.2) is 48.5 Å². The van der Waals surface area contributed by atoms with E-state index in [0.29, 0.717) is 44.2 Å². The van der Waals surface area contributed by atoms with Gasteiger partial charge >= 0.3 is 5.91 Å². The van der Waals surface area contributed by atoms with E-state index in [1.54, 1.807) is 0 Å². The fourth-order valence-electron chi connectivity index (χ4n) is 5.55. The Morgan fingerprint density at radius 3 is 2.46 bits per heavy atom. The van der Waals surface area contributed by atoms with E-state index in [2.05, 4.69) is 6.07 Å². The molecule has 1 aliphatic rings. The summed E-state index contributed by atoms with van der Waals surface area (Å²) in [6.07, 6.45) is 3.21. The Bertz CT molecular complexity index is 1100. The van der Waals surface area contributed by atoms with Crippen molar-refractivity contribution in [2.24, 2.45) is 11.7 Å². The molecular weight excluding hydrogens is 448 g/mol. The van der Waals surface area contributed by atoms with E-state index in [-0.39, 0.29) is 29.3 Å². The van der Waals surface area contributed by atoms with Crippen LogP contribution in [-0.4, -0.2) is 28.9 Å². The first kappa shape index (κ1) is 26.5. The highest BCUT2D eigenvalue weighted by Gasteiger charge is 2.50. The molecule has 186 valence electrons. The molecule has 0 aliphatic carbocycles. The monoisotopic (exact) mass is 482 g/mol. The van der Waals surface area contributed by atoms with Crippen LogP contribution in [0, 0.1) is 28.9 Å². The highest BCUT2D eigenvalue weighted by molar-refractivity contribution is 5.82. The van der Waals surface area contributed by atoms with E-state index in [1.165, 1.54) is 6.07 Å². The SMILES string of the molecule is CC(C)[C@@](C#N)(CCCCC(=O)[N@@+]1(Cc2ccc(F)c(F)c2)CCCC1C(N)=O)c1ccccc1. The van der Waals surface area contributed by atoms with Gasteiger partial charge in [0.25, 0.3) is 5.91 Å². The predicted octanol–water partition coefficient (Wildman–Crippen LogP) is 5.13. The Morgan fingerprint density at radius 1 is 1.14 bits per heavy atom. The van der Waals surface area contributed by atoms with Crippen LogP contribution in [0.25, 0.3) is 0 Å². The third-order valence-corrected chi connectivity index (χ3v) is 7.59. The minimum Gasteiger partial charge on any atom is -0.364 e. The summed E-state index contributed by atoms with van der Waals surface area (Å²) >= 11 is 0. The van der Waals surface area contributed by atoms with Crippen molar-refractivity contribution < 1.29 is 22.9 Å². The van der Waals surface area contributed by atoms with Gasteiger partial charge in [0.2, 0.25) is 0 Å². The molecule has 3 atom stereocenters. The molecule has 1 aliphatic heterocycles. The maximum Gasteiger partial charge on any atom is 0.314 e.